The number of benzene rings is 1. The Bertz CT molecular complexity index is 805. The van der Waals surface area contributed by atoms with E-state index >= 15 is 0 Å². The van der Waals surface area contributed by atoms with Gasteiger partial charge in [-0.25, -0.2) is 4.98 Å². The molecule has 1 aliphatic rings. The van der Waals surface area contributed by atoms with E-state index in [1.165, 1.54) is 0 Å². The van der Waals surface area contributed by atoms with E-state index < -0.39 is 0 Å². The molecule has 0 saturated carbocycles. The first kappa shape index (κ1) is 21.4. The second kappa shape index (κ2) is 9.93. The quantitative estimate of drug-likeness (QED) is 0.620. The van der Waals surface area contributed by atoms with Crippen molar-refractivity contribution in [3.05, 3.63) is 12.1 Å². The van der Waals surface area contributed by atoms with Crippen LogP contribution in [0.5, 0.6) is 11.5 Å². The first-order chi connectivity index (χ1) is 14.0. The normalized spacial score (nSPS) is 15.7. The van der Waals surface area contributed by atoms with Crippen molar-refractivity contribution in [3.63, 3.8) is 0 Å². The molecular formula is C21H34N6O2. The van der Waals surface area contributed by atoms with Crippen molar-refractivity contribution in [2.24, 2.45) is 0 Å². The Morgan fingerprint density at radius 2 is 1.79 bits per heavy atom. The average Bonchev–Trinajstić information content (AvgIpc) is 2.71. The van der Waals surface area contributed by atoms with Gasteiger partial charge in [0, 0.05) is 24.0 Å². The second-order valence-electron chi connectivity index (χ2n) is 7.93. The molecule has 1 fully saturated rings. The Morgan fingerprint density at radius 1 is 1.10 bits per heavy atom. The van der Waals surface area contributed by atoms with Gasteiger partial charge < -0.3 is 29.9 Å². The minimum absolute atomic E-state index is 0.402. The summed E-state index contributed by atoms with van der Waals surface area (Å²) in [6.07, 6.45) is 3.22. The second-order valence-corrected chi connectivity index (χ2v) is 7.93. The number of piperidine rings is 1. The smallest absolute Gasteiger partial charge is 0.225 e. The molecule has 160 valence electrons. The number of rotatable bonds is 9. The van der Waals surface area contributed by atoms with Crippen LogP contribution in [0.4, 0.5) is 11.8 Å². The van der Waals surface area contributed by atoms with Crippen LogP contribution in [0.2, 0.25) is 0 Å². The Kier molecular flexibility index (Phi) is 7.33. The van der Waals surface area contributed by atoms with E-state index in [-0.39, 0.29) is 0 Å². The predicted octanol–water partition coefficient (Wildman–Crippen LogP) is 2.52. The standard InChI is InChI=1S/C21H34N6O2/c1-26(2)10-6-9-22-21-24-17-14-19(29-5)18(28-4)13-16(17)20(25-21)23-15-7-11-27(3)12-8-15/h13-15H,6-12H2,1-5H3,(H2,22,23,24,25). The molecule has 1 aromatic heterocycles. The maximum Gasteiger partial charge on any atom is 0.225 e. The van der Waals surface area contributed by atoms with Gasteiger partial charge in [-0.15, -0.1) is 0 Å². The van der Waals surface area contributed by atoms with Crippen LogP contribution < -0.4 is 20.1 Å². The Hall–Kier alpha value is -2.32. The van der Waals surface area contributed by atoms with E-state index in [9.17, 15) is 0 Å². The molecule has 2 N–H and O–H groups in total. The summed E-state index contributed by atoms with van der Waals surface area (Å²) in [4.78, 5) is 14.1. The molecule has 0 bridgehead atoms. The van der Waals surface area contributed by atoms with Crippen LogP contribution in [0.15, 0.2) is 12.1 Å². The van der Waals surface area contributed by atoms with E-state index in [1.54, 1.807) is 14.2 Å². The molecule has 1 aromatic carbocycles. The fourth-order valence-corrected chi connectivity index (χ4v) is 3.59. The van der Waals surface area contributed by atoms with Crippen LogP contribution in [-0.2, 0) is 0 Å². The lowest BCUT2D eigenvalue weighted by Gasteiger charge is -2.30. The van der Waals surface area contributed by atoms with Gasteiger partial charge in [0.15, 0.2) is 11.5 Å². The first-order valence-electron chi connectivity index (χ1n) is 10.3. The number of nitrogens with zero attached hydrogens (tertiary/aromatic N) is 4. The van der Waals surface area contributed by atoms with Gasteiger partial charge in [0.2, 0.25) is 5.95 Å². The number of hydrogen-bond acceptors (Lipinski definition) is 8. The van der Waals surface area contributed by atoms with Gasteiger partial charge in [-0.3, -0.25) is 0 Å². The minimum Gasteiger partial charge on any atom is -0.493 e. The van der Waals surface area contributed by atoms with Gasteiger partial charge in [0.05, 0.1) is 19.7 Å². The van der Waals surface area contributed by atoms with E-state index in [0.29, 0.717) is 23.5 Å². The number of aromatic nitrogens is 2. The highest BCUT2D eigenvalue weighted by Crippen LogP contribution is 2.35. The third kappa shape index (κ3) is 5.61. The number of methoxy groups -OCH3 is 2. The van der Waals surface area contributed by atoms with Gasteiger partial charge in [-0.05, 0) is 66.1 Å². The predicted molar refractivity (Wildman–Crippen MR) is 118 cm³/mol. The van der Waals surface area contributed by atoms with Crippen molar-refractivity contribution in [3.8, 4) is 11.5 Å². The molecule has 2 heterocycles. The molecule has 29 heavy (non-hydrogen) atoms. The zero-order chi connectivity index (χ0) is 20.8. The van der Waals surface area contributed by atoms with Gasteiger partial charge in [-0.2, -0.15) is 4.98 Å². The summed E-state index contributed by atoms with van der Waals surface area (Å²) in [5.41, 5.74) is 0.836. The number of anilines is 2. The Morgan fingerprint density at radius 3 is 2.45 bits per heavy atom. The fraction of sp³-hybridized carbons (Fsp3) is 0.619. The van der Waals surface area contributed by atoms with Crippen molar-refractivity contribution in [1.29, 1.82) is 0 Å². The van der Waals surface area contributed by atoms with Crippen LogP contribution in [0.3, 0.4) is 0 Å². The van der Waals surface area contributed by atoms with Crippen molar-refractivity contribution in [1.82, 2.24) is 19.8 Å². The molecule has 0 radical (unpaired) electrons. The number of ether oxygens (including phenoxy) is 2. The highest BCUT2D eigenvalue weighted by molar-refractivity contribution is 5.92. The molecule has 3 rings (SSSR count). The molecule has 0 aliphatic carbocycles. The zero-order valence-corrected chi connectivity index (χ0v) is 18.3. The largest absolute Gasteiger partial charge is 0.493 e. The summed E-state index contributed by atoms with van der Waals surface area (Å²) in [6.45, 7) is 4.03. The summed E-state index contributed by atoms with van der Waals surface area (Å²) < 4.78 is 11.0. The monoisotopic (exact) mass is 402 g/mol. The van der Waals surface area contributed by atoms with Gasteiger partial charge >= 0.3 is 0 Å². The summed E-state index contributed by atoms with van der Waals surface area (Å²) in [6, 6.07) is 4.28. The van der Waals surface area contributed by atoms with Crippen LogP contribution in [0, 0.1) is 0 Å². The Balaban J connectivity index is 1.88. The maximum atomic E-state index is 5.50. The molecular weight excluding hydrogens is 368 g/mol. The molecule has 1 saturated heterocycles. The number of likely N-dealkylation sites (tertiary alicyclic amines) is 1. The van der Waals surface area contributed by atoms with Crippen molar-refractivity contribution < 1.29 is 9.47 Å². The highest BCUT2D eigenvalue weighted by Gasteiger charge is 2.19. The number of fused-ring (bicyclic) bond motifs is 1. The lowest BCUT2D eigenvalue weighted by Crippen LogP contribution is -2.37. The summed E-state index contributed by atoms with van der Waals surface area (Å²) in [7, 11) is 9.62. The molecule has 2 aromatic rings. The molecule has 0 amide bonds. The lowest BCUT2D eigenvalue weighted by molar-refractivity contribution is 0.264. The molecule has 8 nitrogen and oxygen atoms in total. The summed E-state index contributed by atoms with van der Waals surface area (Å²) >= 11 is 0. The van der Waals surface area contributed by atoms with E-state index in [2.05, 4.69) is 41.6 Å². The van der Waals surface area contributed by atoms with E-state index in [4.69, 9.17) is 19.4 Å². The van der Waals surface area contributed by atoms with E-state index in [0.717, 1.165) is 62.2 Å². The van der Waals surface area contributed by atoms with Crippen LogP contribution >= 0.6 is 0 Å². The van der Waals surface area contributed by atoms with E-state index in [1.807, 2.05) is 12.1 Å². The summed E-state index contributed by atoms with van der Waals surface area (Å²) in [5, 5.41) is 7.98. The van der Waals surface area contributed by atoms with Crippen molar-refractivity contribution in [2.45, 2.75) is 25.3 Å². The lowest BCUT2D eigenvalue weighted by atomic mass is 10.1. The Labute approximate surface area is 173 Å². The van der Waals surface area contributed by atoms with Gasteiger partial charge in [0.1, 0.15) is 5.82 Å². The van der Waals surface area contributed by atoms with Crippen molar-refractivity contribution in [2.75, 3.05) is 72.2 Å². The number of nitrogens with one attached hydrogen (secondary N) is 2. The SMILES string of the molecule is COc1cc2nc(NCCCN(C)C)nc(NC3CCN(C)CC3)c2cc1OC. The molecule has 8 heteroatoms. The molecule has 1 aliphatic heterocycles. The highest BCUT2D eigenvalue weighted by atomic mass is 16.5. The molecule has 0 atom stereocenters. The topological polar surface area (TPSA) is 74.8 Å². The minimum atomic E-state index is 0.402. The van der Waals surface area contributed by atoms with Gasteiger partial charge in [0.25, 0.3) is 0 Å². The molecule has 0 spiro atoms. The third-order valence-corrected chi connectivity index (χ3v) is 5.33. The first-order valence-corrected chi connectivity index (χ1v) is 10.3. The van der Waals surface area contributed by atoms with Crippen LogP contribution in [0.25, 0.3) is 10.9 Å². The summed E-state index contributed by atoms with van der Waals surface area (Å²) in [5.74, 6) is 2.84. The van der Waals surface area contributed by atoms with Crippen LogP contribution in [0.1, 0.15) is 19.3 Å². The van der Waals surface area contributed by atoms with Crippen molar-refractivity contribution >= 4 is 22.7 Å². The average molecular weight is 403 g/mol. The number of hydrogen-bond donors (Lipinski definition) is 2. The van der Waals surface area contributed by atoms with Crippen LogP contribution in [-0.4, -0.2) is 87.4 Å². The fourth-order valence-electron chi connectivity index (χ4n) is 3.59. The maximum absolute atomic E-state index is 5.50. The zero-order valence-electron chi connectivity index (χ0n) is 18.3. The third-order valence-electron chi connectivity index (χ3n) is 5.33. The van der Waals surface area contributed by atoms with Gasteiger partial charge in [-0.1, -0.05) is 0 Å². The molecule has 0 unspecified atom stereocenters.